The van der Waals surface area contributed by atoms with Crippen molar-refractivity contribution in [3.8, 4) is 0 Å². The minimum Gasteiger partial charge on any atom is -0.756 e. The summed E-state index contributed by atoms with van der Waals surface area (Å²) < 4.78 is 34.5. The van der Waals surface area contributed by atoms with Crippen molar-refractivity contribution in [2.75, 3.05) is 47.5 Å². The number of ether oxygens (including phenoxy) is 2. The quantitative estimate of drug-likeness (QED) is 0.0195. The van der Waals surface area contributed by atoms with E-state index < -0.39 is 26.5 Å². The first-order valence-corrected chi connectivity index (χ1v) is 44.5. The Kier molecular flexibility index (Phi) is 76.4. The Morgan fingerprint density at radius 2 is 0.562 bits per heavy atom. The molecule has 9 nitrogen and oxygen atoms in total. The lowest BCUT2D eigenvalue weighted by Gasteiger charge is -2.28. The SMILES string of the molecule is CCCCCCC/C=C\C/C=C\CCCCCCCCCCCCCCCCCCCCCCCCCCCC(=O)OC(COC(=O)CCCCCCCCCCCCCCCCCCCCCCCCCCCCCCCCCCCCC)COP(=O)([O-])OCC[N+](C)(C)C. The van der Waals surface area contributed by atoms with E-state index in [-0.39, 0.29) is 32.0 Å². The summed E-state index contributed by atoms with van der Waals surface area (Å²) in [6, 6.07) is 0. The summed E-state index contributed by atoms with van der Waals surface area (Å²) in [6.45, 7) is 4.33. The summed E-state index contributed by atoms with van der Waals surface area (Å²) in [5, 5.41) is 0. The fourth-order valence-electron chi connectivity index (χ4n) is 13.4. The lowest BCUT2D eigenvalue weighted by molar-refractivity contribution is -0.870. The van der Waals surface area contributed by atoms with E-state index in [0.29, 0.717) is 17.4 Å². The van der Waals surface area contributed by atoms with Crippen molar-refractivity contribution in [1.82, 2.24) is 0 Å². The summed E-state index contributed by atoms with van der Waals surface area (Å²) in [5.74, 6) is -0.802. The van der Waals surface area contributed by atoms with Crippen molar-refractivity contribution in [2.45, 2.75) is 469 Å². The van der Waals surface area contributed by atoms with Crippen LogP contribution in [0, 0.1) is 0 Å². The molecular formula is C86H168NO8P. The molecule has 0 aromatic carbocycles. The molecule has 2 atom stereocenters. The van der Waals surface area contributed by atoms with E-state index in [1.807, 2.05) is 21.1 Å². The van der Waals surface area contributed by atoms with Gasteiger partial charge in [0.1, 0.15) is 19.8 Å². The van der Waals surface area contributed by atoms with Gasteiger partial charge in [-0.25, -0.2) is 0 Å². The predicted octanol–water partition coefficient (Wildman–Crippen LogP) is 28.1. The molecule has 0 aromatic heterocycles. The van der Waals surface area contributed by atoms with Gasteiger partial charge in [0, 0.05) is 12.8 Å². The van der Waals surface area contributed by atoms with Gasteiger partial charge in [-0.3, -0.25) is 14.2 Å². The zero-order chi connectivity index (χ0) is 69.7. The fourth-order valence-corrected chi connectivity index (χ4v) is 14.1. The van der Waals surface area contributed by atoms with E-state index in [4.69, 9.17) is 18.5 Å². The van der Waals surface area contributed by atoms with Gasteiger partial charge >= 0.3 is 11.9 Å². The van der Waals surface area contributed by atoms with Gasteiger partial charge in [0.05, 0.1) is 27.7 Å². The van der Waals surface area contributed by atoms with Crippen LogP contribution in [0.3, 0.4) is 0 Å². The van der Waals surface area contributed by atoms with Crippen LogP contribution in [-0.2, 0) is 32.7 Å². The second-order valence-electron chi connectivity index (χ2n) is 30.9. The fraction of sp³-hybridized carbons (Fsp3) is 0.930. The number of likely N-dealkylation sites (N-methyl/N-ethyl adjacent to an activating group) is 1. The molecule has 0 bridgehead atoms. The van der Waals surface area contributed by atoms with Crippen molar-refractivity contribution >= 4 is 19.8 Å². The summed E-state index contributed by atoms with van der Waals surface area (Å²) in [7, 11) is 1.20. The number of unbranched alkanes of at least 4 members (excludes halogenated alkanes) is 64. The molecule has 96 heavy (non-hydrogen) atoms. The van der Waals surface area contributed by atoms with Gasteiger partial charge in [-0.2, -0.15) is 0 Å². The van der Waals surface area contributed by atoms with E-state index in [1.165, 1.54) is 392 Å². The maximum atomic E-state index is 12.9. The number of phosphoric ester groups is 1. The van der Waals surface area contributed by atoms with Crippen molar-refractivity contribution in [1.29, 1.82) is 0 Å². The Balaban J connectivity index is 3.85. The summed E-state index contributed by atoms with van der Waals surface area (Å²) >= 11 is 0. The highest BCUT2D eigenvalue weighted by Crippen LogP contribution is 2.38. The highest BCUT2D eigenvalue weighted by atomic mass is 31.2. The average Bonchev–Trinajstić information content (AvgIpc) is 2.72. The molecule has 570 valence electrons. The van der Waals surface area contributed by atoms with Crippen LogP contribution in [0.2, 0.25) is 0 Å². The molecule has 0 aliphatic heterocycles. The van der Waals surface area contributed by atoms with Crippen LogP contribution in [0.1, 0.15) is 463 Å². The Bertz CT molecular complexity index is 1660. The first-order chi connectivity index (χ1) is 47.0. The third kappa shape index (κ3) is 81.5. The van der Waals surface area contributed by atoms with Gasteiger partial charge in [0.15, 0.2) is 6.10 Å². The second kappa shape index (κ2) is 77.6. The molecule has 2 unspecified atom stereocenters. The molecule has 0 N–H and O–H groups in total. The molecule has 0 saturated heterocycles. The number of nitrogens with zero attached hydrogens (tertiary/aromatic N) is 1. The van der Waals surface area contributed by atoms with Crippen LogP contribution in [0.25, 0.3) is 0 Å². The third-order valence-electron chi connectivity index (χ3n) is 20.0. The Hall–Kier alpha value is -1.51. The van der Waals surface area contributed by atoms with Crippen LogP contribution >= 0.6 is 7.82 Å². The van der Waals surface area contributed by atoms with Crippen LogP contribution in [0.5, 0.6) is 0 Å². The number of hydrogen-bond acceptors (Lipinski definition) is 8. The van der Waals surface area contributed by atoms with Gasteiger partial charge < -0.3 is 27.9 Å². The van der Waals surface area contributed by atoms with Crippen LogP contribution in [-0.4, -0.2) is 70.0 Å². The van der Waals surface area contributed by atoms with E-state index in [2.05, 4.69) is 38.2 Å². The number of esters is 2. The monoisotopic (exact) mass is 1370 g/mol. The van der Waals surface area contributed by atoms with Crippen molar-refractivity contribution in [3.63, 3.8) is 0 Å². The van der Waals surface area contributed by atoms with E-state index in [9.17, 15) is 19.0 Å². The maximum absolute atomic E-state index is 12.9. The number of hydrogen-bond donors (Lipinski definition) is 0. The Morgan fingerprint density at radius 1 is 0.323 bits per heavy atom. The number of carbonyl (C=O) groups is 2. The topological polar surface area (TPSA) is 111 Å². The van der Waals surface area contributed by atoms with Gasteiger partial charge in [-0.15, -0.1) is 0 Å². The van der Waals surface area contributed by atoms with Crippen molar-refractivity contribution < 1.29 is 42.1 Å². The van der Waals surface area contributed by atoms with Gasteiger partial charge in [-0.05, 0) is 44.9 Å². The molecule has 0 rings (SSSR count). The molecular weight excluding hydrogens is 1210 g/mol. The zero-order valence-corrected chi connectivity index (χ0v) is 66.3. The minimum absolute atomic E-state index is 0.0259. The Morgan fingerprint density at radius 3 is 0.823 bits per heavy atom. The molecule has 0 radical (unpaired) electrons. The lowest BCUT2D eigenvalue weighted by Crippen LogP contribution is -2.37. The maximum Gasteiger partial charge on any atom is 0.306 e. The van der Waals surface area contributed by atoms with Gasteiger partial charge in [0.2, 0.25) is 0 Å². The third-order valence-corrected chi connectivity index (χ3v) is 20.9. The molecule has 0 amide bonds. The average molecular weight is 1380 g/mol. The van der Waals surface area contributed by atoms with Crippen LogP contribution < -0.4 is 4.89 Å². The molecule has 0 heterocycles. The minimum atomic E-state index is -4.64. The predicted molar refractivity (Wildman–Crippen MR) is 416 cm³/mol. The number of quaternary nitrogens is 1. The van der Waals surface area contributed by atoms with E-state index in [1.54, 1.807) is 0 Å². The second-order valence-corrected chi connectivity index (χ2v) is 32.3. The van der Waals surface area contributed by atoms with Crippen LogP contribution in [0.15, 0.2) is 24.3 Å². The first-order valence-electron chi connectivity index (χ1n) is 43.0. The molecule has 0 spiro atoms. The normalized spacial score (nSPS) is 13.0. The number of phosphoric acid groups is 1. The van der Waals surface area contributed by atoms with Crippen LogP contribution in [0.4, 0.5) is 0 Å². The molecule has 10 heteroatoms. The number of rotatable bonds is 82. The highest BCUT2D eigenvalue weighted by Gasteiger charge is 2.22. The molecule has 0 saturated carbocycles. The molecule has 0 aliphatic carbocycles. The standard InChI is InChI=1S/C86H168NO8P/c1-6-8-10-12-14-16-18-20-22-24-26-28-30-32-34-36-38-40-42-43-45-47-49-51-53-55-57-59-61-63-65-67-69-71-73-75-77-79-86(89)95-84(83-94-96(90,91)93-81-80-87(3,4)5)82-92-85(88)78-76-74-72-70-68-66-64-62-60-58-56-54-52-50-48-46-44-41-39-37-35-33-31-29-27-25-23-21-19-17-15-13-11-9-7-2/h18,20,24,26,84H,6-17,19,21-23,25,27-83H2,1-5H3/b20-18-,26-24-. The molecule has 0 aliphatic rings. The van der Waals surface area contributed by atoms with Crippen molar-refractivity contribution in [3.05, 3.63) is 24.3 Å². The highest BCUT2D eigenvalue weighted by molar-refractivity contribution is 7.45. The summed E-state index contributed by atoms with van der Waals surface area (Å²) in [5.41, 5.74) is 0. The first kappa shape index (κ1) is 94.5. The summed E-state index contributed by atoms with van der Waals surface area (Å²) in [4.78, 5) is 38.2. The van der Waals surface area contributed by atoms with E-state index >= 15 is 0 Å². The number of carbonyl (C=O) groups excluding carboxylic acids is 2. The smallest absolute Gasteiger partial charge is 0.306 e. The number of allylic oxidation sites excluding steroid dienone is 4. The van der Waals surface area contributed by atoms with Gasteiger partial charge in [-0.1, -0.05) is 430 Å². The van der Waals surface area contributed by atoms with Crippen molar-refractivity contribution in [2.24, 2.45) is 0 Å². The summed E-state index contributed by atoms with van der Waals surface area (Å²) in [6.07, 6.45) is 101. The zero-order valence-electron chi connectivity index (χ0n) is 65.4. The Labute approximate surface area is 599 Å². The molecule has 0 aromatic rings. The van der Waals surface area contributed by atoms with Gasteiger partial charge in [0.25, 0.3) is 7.82 Å². The molecule has 0 fully saturated rings. The van der Waals surface area contributed by atoms with E-state index in [0.717, 1.165) is 38.5 Å². The largest absolute Gasteiger partial charge is 0.756 e. The lowest BCUT2D eigenvalue weighted by atomic mass is 10.0.